The van der Waals surface area contributed by atoms with Crippen LogP contribution in [0.5, 0.6) is 5.75 Å². The summed E-state index contributed by atoms with van der Waals surface area (Å²) in [5.74, 6) is -1.46. The van der Waals surface area contributed by atoms with E-state index in [1.165, 1.54) is 58.9 Å². The smallest absolute Gasteiger partial charge is 0.387 e. The molecule has 2 rings (SSSR count). The monoisotopic (exact) mass is 482 g/mol. The average Bonchev–Trinajstić information content (AvgIpc) is 2.77. The molecule has 0 aliphatic rings. The molecule has 11 heteroatoms. The van der Waals surface area contributed by atoms with Gasteiger partial charge in [-0.2, -0.15) is 13.1 Å². The lowest BCUT2D eigenvalue weighted by molar-refractivity contribution is -0.142. The summed E-state index contributed by atoms with van der Waals surface area (Å²) >= 11 is 0. The maximum Gasteiger partial charge on any atom is 0.387 e. The summed E-state index contributed by atoms with van der Waals surface area (Å²) in [5.41, 5.74) is 0.773. The molecule has 0 aliphatic carbocycles. The van der Waals surface area contributed by atoms with Crippen molar-refractivity contribution in [3.05, 3.63) is 60.2 Å². The number of hydrogen-bond donors (Lipinski definition) is 1. The van der Waals surface area contributed by atoms with Gasteiger partial charge in [-0.05, 0) is 42.0 Å². The summed E-state index contributed by atoms with van der Waals surface area (Å²) in [6.45, 7) is 0.566. The van der Waals surface area contributed by atoms with Crippen molar-refractivity contribution in [3.63, 3.8) is 0 Å². The molecule has 0 spiro atoms. The minimum Gasteiger partial charge on any atom is -0.452 e. The molecule has 0 fully saturated rings. The fourth-order valence-corrected chi connectivity index (χ4v) is 4.26. The number of amides is 1. The number of nitrogens with zero attached hydrogens (tertiary/aromatic N) is 1. The first kappa shape index (κ1) is 25.9. The first-order valence-electron chi connectivity index (χ1n) is 9.95. The average molecular weight is 483 g/mol. The Morgan fingerprint density at radius 3 is 2.36 bits per heavy atom. The lowest BCUT2D eigenvalue weighted by atomic mass is 10.2. The van der Waals surface area contributed by atoms with E-state index < -0.39 is 35.1 Å². The fraction of sp³-hybridized carbons (Fsp3) is 0.273. The number of esters is 1. The topological polar surface area (TPSA) is 102 Å². The van der Waals surface area contributed by atoms with Crippen LogP contribution in [0.2, 0.25) is 0 Å². The van der Waals surface area contributed by atoms with E-state index in [1.54, 1.807) is 13.8 Å². The van der Waals surface area contributed by atoms with Crippen molar-refractivity contribution in [2.75, 3.05) is 25.0 Å². The van der Waals surface area contributed by atoms with Gasteiger partial charge in [0.2, 0.25) is 10.0 Å². The number of halogens is 2. The normalized spacial score (nSPS) is 11.7. The zero-order valence-corrected chi connectivity index (χ0v) is 18.8. The largest absolute Gasteiger partial charge is 0.452 e. The summed E-state index contributed by atoms with van der Waals surface area (Å²) in [7, 11) is -3.69. The van der Waals surface area contributed by atoms with Gasteiger partial charge in [-0.15, -0.1) is 0 Å². The molecule has 8 nitrogen and oxygen atoms in total. The van der Waals surface area contributed by atoms with Gasteiger partial charge in [-0.3, -0.25) is 4.79 Å². The third kappa shape index (κ3) is 7.95. The number of alkyl halides is 2. The standard InChI is InChI=1S/C22H24F2N2O6S/c1-3-26(4-2)33(29,30)19-7-5-6-17(14-19)25-20(27)15-31-21(28)13-10-16-8-11-18(12-9-16)32-22(23)24/h5-14,22H,3-4,15H2,1-2H3,(H,25,27)/b13-10+. The molecule has 0 radical (unpaired) electrons. The van der Waals surface area contributed by atoms with Crippen LogP contribution in [0.4, 0.5) is 14.5 Å². The summed E-state index contributed by atoms with van der Waals surface area (Å²) in [6, 6.07) is 11.3. The molecule has 0 atom stereocenters. The van der Waals surface area contributed by atoms with E-state index in [9.17, 15) is 26.8 Å². The van der Waals surface area contributed by atoms with E-state index in [0.29, 0.717) is 18.7 Å². The number of benzene rings is 2. The molecule has 178 valence electrons. The zero-order valence-electron chi connectivity index (χ0n) is 18.0. The van der Waals surface area contributed by atoms with Crippen molar-refractivity contribution >= 4 is 33.7 Å². The second kappa shape index (κ2) is 12.1. The molecular weight excluding hydrogens is 458 g/mol. The van der Waals surface area contributed by atoms with Crippen LogP contribution in [0, 0.1) is 0 Å². The molecule has 33 heavy (non-hydrogen) atoms. The number of hydrogen-bond acceptors (Lipinski definition) is 6. The van der Waals surface area contributed by atoms with E-state index in [0.717, 1.165) is 6.08 Å². The number of ether oxygens (including phenoxy) is 2. The zero-order chi connectivity index (χ0) is 24.4. The van der Waals surface area contributed by atoms with Crippen molar-refractivity contribution in [3.8, 4) is 5.75 Å². The Balaban J connectivity index is 1.90. The summed E-state index contributed by atoms with van der Waals surface area (Å²) in [4.78, 5) is 23.9. The van der Waals surface area contributed by atoms with E-state index in [1.807, 2.05) is 0 Å². The number of carbonyl (C=O) groups is 2. The van der Waals surface area contributed by atoms with Gasteiger partial charge in [0.1, 0.15) is 5.75 Å². The highest BCUT2D eigenvalue weighted by molar-refractivity contribution is 7.89. The second-order valence-electron chi connectivity index (χ2n) is 6.55. The molecule has 0 saturated heterocycles. The van der Waals surface area contributed by atoms with Crippen LogP contribution >= 0.6 is 0 Å². The van der Waals surface area contributed by atoms with E-state index >= 15 is 0 Å². The Bertz CT molecular complexity index is 1080. The second-order valence-corrected chi connectivity index (χ2v) is 8.49. The van der Waals surface area contributed by atoms with Crippen LogP contribution in [0.15, 0.2) is 59.5 Å². The maximum atomic E-state index is 12.6. The maximum absolute atomic E-state index is 12.6. The molecule has 0 aromatic heterocycles. The van der Waals surface area contributed by atoms with Crippen molar-refractivity contribution < 1.29 is 36.3 Å². The minimum atomic E-state index is -3.69. The van der Waals surface area contributed by atoms with Gasteiger partial charge in [0.15, 0.2) is 6.61 Å². The molecule has 2 aromatic rings. The Labute approximate surface area is 190 Å². The molecule has 0 saturated carbocycles. The number of sulfonamides is 1. The van der Waals surface area contributed by atoms with Gasteiger partial charge in [0.05, 0.1) is 4.90 Å². The van der Waals surface area contributed by atoms with Gasteiger partial charge in [-0.1, -0.05) is 32.0 Å². The van der Waals surface area contributed by atoms with Gasteiger partial charge >= 0.3 is 12.6 Å². The van der Waals surface area contributed by atoms with Crippen LogP contribution in [0.1, 0.15) is 19.4 Å². The Morgan fingerprint density at radius 2 is 1.76 bits per heavy atom. The first-order valence-corrected chi connectivity index (χ1v) is 11.4. The van der Waals surface area contributed by atoms with Crippen molar-refractivity contribution in [1.29, 1.82) is 0 Å². The lowest BCUT2D eigenvalue weighted by Gasteiger charge is -2.18. The molecule has 0 bridgehead atoms. The van der Waals surface area contributed by atoms with Crippen LogP contribution in [0.3, 0.4) is 0 Å². The minimum absolute atomic E-state index is 0.0182. The summed E-state index contributed by atoms with van der Waals surface area (Å²) < 4.78 is 59.8. The lowest BCUT2D eigenvalue weighted by Crippen LogP contribution is -2.30. The SMILES string of the molecule is CCN(CC)S(=O)(=O)c1cccc(NC(=O)COC(=O)/C=C/c2ccc(OC(F)F)cc2)c1. The van der Waals surface area contributed by atoms with E-state index in [2.05, 4.69) is 10.1 Å². The first-order chi connectivity index (χ1) is 15.6. The van der Waals surface area contributed by atoms with Gasteiger partial charge in [-0.25, -0.2) is 13.2 Å². The Kier molecular flexibility index (Phi) is 9.49. The van der Waals surface area contributed by atoms with Crippen LogP contribution in [-0.2, 0) is 24.3 Å². The number of nitrogens with one attached hydrogen (secondary N) is 1. The molecule has 0 aliphatic heterocycles. The summed E-state index contributed by atoms with van der Waals surface area (Å²) in [5, 5.41) is 2.48. The van der Waals surface area contributed by atoms with Crippen molar-refractivity contribution in [2.45, 2.75) is 25.4 Å². The van der Waals surface area contributed by atoms with Gasteiger partial charge in [0, 0.05) is 24.9 Å². The van der Waals surface area contributed by atoms with E-state index in [4.69, 9.17) is 4.74 Å². The summed E-state index contributed by atoms with van der Waals surface area (Å²) in [6.07, 6.45) is 2.46. The molecule has 1 amide bonds. The quantitative estimate of drug-likeness (QED) is 0.389. The van der Waals surface area contributed by atoms with Gasteiger partial charge < -0.3 is 14.8 Å². The van der Waals surface area contributed by atoms with Crippen molar-refractivity contribution in [2.24, 2.45) is 0 Å². The predicted octanol–water partition coefficient (Wildman–Crippen LogP) is 3.51. The third-order valence-corrected chi connectivity index (χ3v) is 6.37. The number of rotatable bonds is 11. The highest BCUT2D eigenvalue weighted by Gasteiger charge is 2.21. The van der Waals surface area contributed by atoms with Crippen LogP contribution < -0.4 is 10.1 Å². The van der Waals surface area contributed by atoms with Crippen molar-refractivity contribution in [1.82, 2.24) is 4.31 Å². The Hall–Kier alpha value is -3.31. The Morgan fingerprint density at radius 1 is 1.09 bits per heavy atom. The van der Waals surface area contributed by atoms with Gasteiger partial charge in [0.25, 0.3) is 5.91 Å². The predicted molar refractivity (Wildman–Crippen MR) is 118 cm³/mol. The fourth-order valence-electron chi connectivity index (χ4n) is 2.75. The third-order valence-electron chi connectivity index (χ3n) is 4.32. The number of anilines is 1. The molecule has 0 unspecified atom stereocenters. The molecule has 0 heterocycles. The highest BCUT2D eigenvalue weighted by atomic mass is 32.2. The molecular formula is C22H24F2N2O6S. The number of carbonyl (C=O) groups excluding carboxylic acids is 2. The highest BCUT2D eigenvalue weighted by Crippen LogP contribution is 2.19. The molecule has 2 aromatic carbocycles. The van der Waals surface area contributed by atoms with Crippen LogP contribution in [0.25, 0.3) is 6.08 Å². The molecule has 1 N–H and O–H groups in total. The van der Waals surface area contributed by atoms with E-state index in [-0.39, 0.29) is 16.3 Å². The van der Waals surface area contributed by atoms with Crippen LogP contribution in [-0.4, -0.2) is 50.9 Å².